The SMILES string of the molecule is O=C(O)COC1CCN(C(=O)NC2CCCCC2O)CC1. The lowest BCUT2D eigenvalue weighted by atomic mass is 9.93. The summed E-state index contributed by atoms with van der Waals surface area (Å²) in [5.41, 5.74) is 0. The second kappa shape index (κ2) is 7.61. The van der Waals surface area contributed by atoms with Crippen LogP contribution in [0.25, 0.3) is 0 Å². The molecule has 0 aromatic carbocycles. The number of nitrogens with one attached hydrogen (secondary N) is 1. The first-order valence-corrected chi connectivity index (χ1v) is 7.63. The third kappa shape index (κ3) is 4.86. The van der Waals surface area contributed by atoms with Gasteiger partial charge in [0.1, 0.15) is 6.61 Å². The molecule has 0 bridgehead atoms. The number of carbonyl (C=O) groups is 2. The van der Waals surface area contributed by atoms with E-state index in [4.69, 9.17) is 9.84 Å². The predicted octanol–water partition coefficient (Wildman–Crippen LogP) is 0.565. The highest BCUT2D eigenvalue weighted by molar-refractivity contribution is 5.74. The van der Waals surface area contributed by atoms with Gasteiger partial charge >= 0.3 is 12.0 Å². The maximum Gasteiger partial charge on any atom is 0.329 e. The normalized spacial score (nSPS) is 27.4. The zero-order valence-corrected chi connectivity index (χ0v) is 12.2. The summed E-state index contributed by atoms with van der Waals surface area (Å²) in [6.45, 7) is 0.822. The van der Waals surface area contributed by atoms with Crippen LogP contribution in [0.2, 0.25) is 0 Å². The molecule has 1 saturated carbocycles. The molecule has 0 spiro atoms. The van der Waals surface area contributed by atoms with Gasteiger partial charge in [0.2, 0.25) is 0 Å². The average Bonchev–Trinajstić information content (AvgIpc) is 2.48. The molecule has 1 saturated heterocycles. The topological polar surface area (TPSA) is 99.1 Å². The van der Waals surface area contributed by atoms with E-state index in [0.29, 0.717) is 25.9 Å². The van der Waals surface area contributed by atoms with Gasteiger partial charge in [0.05, 0.1) is 18.2 Å². The number of amides is 2. The van der Waals surface area contributed by atoms with Crippen molar-refractivity contribution in [2.24, 2.45) is 0 Å². The summed E-state index contributed by atoms with van der Waals surface area (Å²) in [5.74, 6) is -0.971. The Morgan fingerprint density at radius 1 is 1.14 bits per heavy atom. The van der Waals surface area contributed by atoms with E-state index in [1.54, 1.807) is 4.90 Å². The Morgan fingerprint density at radius 2 is 1.81 bits per heavy atom. The van der Waals surface area contributed by atoms with E-state index in [9.17, 15) is 14.7 Å². The van der Waals surface area contributed by atoms with Crippen LogP contribution in [0.4, 0.5) is 4.79 Å². The molecule has 0 radical (unpaired) electrons. The number of ether oxygens (including phenoxy) is 1. The van der Waals surface area contributed by atoms with Crippen LogP contribution >= 0.6 is 0 Å². The minimum atomic E-state index is -0.971. The number of aliphatic hydroxyl groups is 1. The molecule has 7 nitrogen and oxygen atoms in total. The summed E-state index contributed by atoms with van der Waals surface area (Å²) < 4.78 is 5.24. The molecule has 0 aromatic rings. The van der Waals surface area contributed by atoms with Crippen molar-refractivity contribution in [2.45, 2.75) is 56.8 Å². The van der Waals surface area contributed by atoms with E-state index in [2.05, 4.69) is 5.32 Å². The molecule has 2 amide bonds. The maximum atomic E-state index is 12.2. The van der Waals surface area contributed by atoms with Gasteiger partial charge in [0.25, 0.3) is 0 Å². The van der Waals surface area contributed by atoms with E-state index in [1.807, 2.05) is 0 Å². The summed E-state index contributed by atoms with van der Waals surface area (Å²) in [6, 6.07) is -0.287. The summed E-state index contributed by atoms with van der Waals surface area (Å²) in [6.07, 6.45) is 4.38. The van der Waals surface area contributed by atoms with Crippen molar-refractivity contribution in [2.75, 3.05) is 19.7 Å². The molecule has 120 valence electrons. The molecule has 7 heteroatoms. The minimum absolute atomic E-state index is 0.0922. The van der Waals surface area contributed by atoms with Crippen LogP contribution < -0.4 is 5.32 Å². The quantitative estimate of drug-likeness (QED) is 0.705. The number of aliphatic hydroxyl groups excluding tert-OH is 1. The van der Waals surface area contributed by atoms with Gasteiger partial charge in [-0.25, -0.2) is 9.59 Å². The second-order valence-electron chi connectivity index (χ2n) is 5.80. The van der Waals surface area contributed by atoms with Gasteiger partial charge in [-0.05, 0) is 25.7 Å². The first-order chi connectivity index (χ1) is 10.1. The van der Waals surface area contributed by atoms with Crippen LogP contribution in [0.15, 0.2) is 0 Å². The molecule has 2 atom stereocenters. The lowest BCUT2D eigenvalue weighted by Gasteiger charge is -2.35. The third-order valence-electron chi connectivity index (χ3n) is 4.21. The summed E-state index contributed by atoms with van der Waals surface area (Å²) in [7, 11) is 0. The van der Waals surface area contributed by atoms with E-state index >= 15 is 0 Å². The Labute approximate surface area is 124 Å². The van der Waals surface area contributed by atoms with E-state index in [0.717, 1.165) is 25.7 Å². The van der Waals surface area contributed by atoms with Crippen LogP contribution in [0.1, 0.15) is 38.5 Å². The van der Waals surface area contributed by atoms with Crippen molar-refractivity contribution in [1.29, 1.82) is 0 Å². The van der Waals surface area contributed by atoms with E-state index in [1.165, 1.54) is 0 Å². The number of rotatable bonds is 4. The van der Waals surface area contributed by atoms with Gasteiger partial charge in [-0.15, -0.1) is 0 Å². The van der Waals surface area contributed by atoms with E-state index < -0.39 is 12.1 Å². The first kappa shape index (κ1) is 16.0. The van der Waals surface area contributed by atoms with Crippen molar-refractivity contribution in [3.8, 4) is 0 Å². The molecular weight excluding hydrogens is 276 g/mol. The van der Waals surface area contributed by atoms with Crippen LogP contribution in [0.3, 0.4) is 0 Å². The van der Waals surface area contributed by atoms with Gasteiger partial charge in [-0.2, -0.15) is 0 Å². The lowest BCUT2D eigenvalue weighted by Crippen LogP contribution is -2.52. The number of likely N-dealkylation sites (tertiary alicyclic amines) is 1. The molecule has 2 fully saturated rings. The van der Waals surface area contributed by atoms with Gasteiger partial charge in [-0.3, -0.25) is 0 Å². The summed E-state index contributed by atoms with van der Waals surface area (Å²) >= 11 is 0. The molecule has 2 rings (SSSR count). The molecular formula is C14H24N2O5. The molecule has 2 unspecified atom stereocenters. The highest BCUT2D eigenvalue weighted by atomic mass is 16.5. The Kier molecular flexibility index (Phi) is 5.81. The number of hydrogen-bond donors (Lipinski definition) is 3. The van der Waals surface area contributed by atoms with Gasteiger partial charge in [0.15, 0.2) is 0 Å². The number of carboxylic acid groups (broad SMARTS) is 1. The fraction of sp³-hybridized carbons (Fsp3) is 0.857. The minimum Gasteiger partial charge on any atom is -0.480 e. The Hall–Kier alpha value is -1.34. The predicted molar refractivity (Wildman–Crippen MR) is 75.0 cm³/mol. The fourth-order valence-corrected chi connectivity index (χ4v) is 2.94. The highest BCUT2D eigenvalue weighted by Gasteiger charge is 2.28. The molecule has 1 aliphatic heterocycles. The van der Waals surface area contributed by atoms with Crippen LogP contribution in [0, 0.1) is 0 Å². The van der Waals surface area contributed by atoms with Crippen molar-refractivity contribution in [1.82, 2.24) is 10.2 Å². The fourth-order valence-electron chi connectivity index (χ4n) is 2.94. The number of nitrogens with zero attached hydrogens (tertiary/aromatic N) is 1. The van der Waals surface area contributed by atoms with Crippen LogP contribution in [-0.2, 0) is 9.53 Å². The third-order valence-corrected chi connectivity index (χ3v) is 4.21. The summed E-state index contributed by atoms with van der Waals surface area (Å²) in [4.78, 5) is 24.3. The average molecular weight is 300 g/mol. The molecule has 0 aromatic heterocycles. The zero-order chi connectivity index (χ0) is 15.2. The van der Waals surface area contributed by atoms with Crippen molar-refractivity contribution in [3.63, 3.8) is 0 Å². The van der Waals surface area contributed by atoms with Crippen LogP contribution in [0.5, 0.6) is 0 Å². The Balaban J connectivity index is 1.71. The lowest BCUT2D eigenvalue weighted by molar-refractivity contribution is -0.145. The maximum absolute atomic E-state index is 12.2. The number of carbonyl (C=O) groups excluding carboxylic acids is 1. The Bertz CT molecular complexity index is 368. The molecule has 3 N–H and O–H groups in total. The molecule has 2 aliphatic rings. The number of carboxylic acids is 1. The van der Waals surface area contributed by atoms with Gasteiger partial charge in [0, 0.05) is 13.1 Å². The Morgan fingerprint density at radius 3 is 2.43 bits per heavy atom. The molecule has 1 heterocycles. The summed E-state index contributed by atoms with van der Waals surface area (Å²) in [5, 5.41) is 21.3. The van der Waals surface area contributed by atoms with Crippen molar-refractivity contribution >= 4 is 12.0 Å². The number of aliphatic carboxylic acids is 1. The number of hydrogen-bond acceptors (Lipinski definition) is 4. The second-order valence-corrected chi connectivity index (χ2v) is 5.80. The zero-order valence-electron chi connectivity index (χ0n) is 12.2. The number of piperidine rings is 1. The number of urea groups is 1. The monoisotopic (exact) mass is 300 g/mol. The standard InChI is InChI=1S/C14H24N2O5/c17-12-4-2-1-3-11(12)15-14(20)16-7-5-10(6-8-16)21-9-13(18)19/h10-12,17H,1-9H2,(H,15,20)(H,18,19). The van der Waals surface area contributed by atoms with Crippen molar-refractivity contribution < 1.29 is 24.5 Å². The van der Waals surface area contributed by atoms with Gasteiger partial charge in [-0.1, -0.05) is 12.8 Å². The van der Waals surface area contributed by atoms with Crippen molar-refractivity contribution in [3.05, 3.63) is 0 Å². The van der Waals surface area contributed by atoms with Crippen LogP contribution in [-0.4, -0.2) is 65.1 Å². The smallest absolute Gasteiger partial charge is 0.329 e. The molecule has 21 heavy (non-hydrogen) atoms. The van der Waals surface area contributed by atoms with E-state index in [-0.39, 0.29) is 24.8 Å². The molecule has 1 aliphatic carbocycles. The van der Waals surface area contributed by atoms with Gasteiger partial charge < -0.3 is 25.2 Å². The highest BCUT2D eigenvalue weighted by Crippen LogP contribution is 2.19. The first-order valence-electron chi connectivity index (χ1n) is 7.63. The largest absolute Gasteiger partial charge is 0.480 e.